The summed E-state index contributed by atoms with van der Waals surface area (Å²) in [5.41, 5.74) is 0.713. The summed E-state index contributed by atoms with van der Waals surface area (Å²) in [6.45, 7) is 1.80. The van der Waals surface area contributed by atoms with Crippen molar-refractivity contribution in [3.63, 3.8) is 0 Å². The molecule has 0 saturated carbocycles. The summed E-state index contributed by atoms with van der Waals surface area (Å²) >= 11 is 1.27. The minimum atomic E-state index is -0.0398. The largest absolute Gasteiger partial charge is 0.473 e. The van der Waals surface area contributed by atoms with Crippen molar-refractivity contribution in [2.45, 2.75) is 6.92 Å². The molecule has 1 aromatic rings. The fourth-order valence-corrected chi connectivity index (χ4v) is 1.78. The lowest BCUT2D eigenvalue weighted by atomic mass is 10.3. The highest BCUT2D eigenvalue weighted by atomic mass is 32.1. The number of carbonyl (C=O) groups is 1. The van der Waals surface area contributed by atoms with Crippen molar-refractivity contribution in [3.8, 4) is 5.19 Å². The maximum atomic E-state index is 11.7. The Morgan fingerprint density at radius 3 is 2.67 bits per heavy atom. The lowest BCUT2D eigenvalue weighted by Crippen LogP contribution is -2.02. The van der Waals surface area contributed by atoms with Crippen molar-refractivity contribution in [2.75, 3.05) is 21.2 Å². The van der Waals surface area contributed by atoms with Crippen LogP contribution in [-0.2, 0) is 0 Å². The Hall–Kier alpha value is -1.36. The van der Waals surface area contributed by atoms with Crippen LogP contribution in [0, 0.1) is 6.92 Å². The van der Waals surface area contributed by atoms with Gasteiger partial charge >= 0.3 is 0 Å². The molecule has 0 aliphatic heterocycles. The highest BCUT2D eigenvalue weighted by Gasteiger charge is 2.13. The van der Waals surface area contributed by atoms with Gasteiger partial charge in [-0.05, 0) is 6.92 Å². The van der Waals surface area contributed by atoms with Crippen molar-refractivity contribution in [1.29, 1.82) is 0 Å². The second-order valence-corrected chi connectivity index (χ2v) is 4.20. The molecule has 0 aliphatic carbocycles. The number of nitrogens with zero attached hydrogens (tertiary/aromatic N) is 2. The number of thiazole rings is 1. The lowest BCUT2D eigenvalue weighted by molar-refractivity contribution is 0.104. The van der Waals surface area contributed by atoms with E-state index in [2.05, 4.69) is 4.98 Å². The van der Waals surface area contributed by atoms with Crippen LogP contribution < -0.4 is 4.74 Å². The third-order valence-corrected chi connectivity index (χ3v) is 2.83. The number of hydrogen-bond donors (Lipinski definition) is 0. The highest BCUT2D eigenvalue weighted by Crippen LogP contribution is 2.24. The molecule has 1 heterocycles. The third kappa shape index (κ3) is 3.06. The van der Waals surface area contributed by atoms with E-state index < -0.39 is 0 Å². The summed E-state index contributed by atoms with van der Waals surface area (Å²) in [7, 11) is 5.27. The maximum Gasteiger partial charge on any atom is 0.273 e. The van der Waals surface area contributed by atoms with Crippen molar-refractivity contribution < 1.29 is 9.53 Å². The Morgan fingerprint density at radius 1 is 1.53 bits per heavy atom. The van der Waals surface area contributed by atoms with E-state index in [9.17, 15) is 4.79 Å². The van der Waals surface area contributed by atoms with Crippen LogP contribution in [0.15, 0.2) is 12.3 Å². The van der Waals surface area contributed by atoms with Gasteiger partial charge in [-0.2, -0.15) is 0 Å². The molecule has 5 heteroatoms. The molecular formula is C10H14N2O2S. The van der Waals surface area contributed by atoms with Crippen LogP contribution in [0.2, 0.25) is 0 Å². The predicted molar refractivity (Wildman–Crippen MR) is 60.6 cm³/mol. The summed E-state index contributed by atoms with van der Waals surface area (Å²) in [6, 6.07) is 0. The molecule has 0 N–H and O–H groups in total. The minimum absolute atomic E-state index is 0.0398. The maximum absolute atomic E-state index is 11.7. The molecule has 0 fully saturated rings. The molecule has 0 bridgehead atoms. The Labute approximate surface area is 93.2 Å². The van der Waals surface area contributed by atoms with Crippen molar-refractivity contribution >= 4 is 17.1 Å². The first-order valence-corrected chi connectivity index (χ1v) is 5.26. The van der Waals surface area contributed by atoms with Gasteiger partial charge in [-0.25, -0.2) is 4.98 Å². The summed E-state index contributed by atoms with van der Waals surface area (Å²) in [5.74, 6) is -0.0398. The molecule has 0 atom stereocenters. The van der Waals surface area contributed by atoms with Crippen LogP contribution in [0.3, 0.4) is 0 Å². The topological polar surface area (TPSA) is 42.4 Å². The number of aromatic nitrogens is 1. The summed E-state index contributed by atoms with van der Waals surface area (Å²) in [5, 5.41) is 0.522. The van der Waals surface area contributed by atoms with Gasteiger partial charge < -0.3 is 9.64 Å². The van der Waals surface area contributed by atoms with Crippen LogP contribution in [0.4, 0.5) is 0 Å². The predicted octanol–water partition coefficient (Wildman–Crippen LogP) is 1.72. The zero-order valence-electron chi connectivity index (χ0n) is 9.27. The fourth-order valence-electron chi connectivity index (χ4n) is 0.980. The zero-order chi connectivity index (χ0) is 11.4. The van der Waals surface area contributed by atoms with E-state index in [0.717, 1.165) is 0 Å². The van der Waals surface area contributed by atoms with Gasteiger partial charge in [0.2, 0.25) is 0 Å². The van der Waals surface area contributed by atoms with E-state index in [4.69, 9.17) is 4.74 Å². The summed E-state index contributed by atoms with van der Waals surface area (Å²) in [4.78, 5) is 18.2. The molecule has 0 radical (unpaired) electrons. The van der Waals surface area contributed by atoms with Gasteiger partial charge in [-0.1, -0.05) is 11.3 Å². The van der Waals surface area contributed by atoms with Crippen LogP contribution in [0.1, 0.15) is 15.4 Å². The van der Waals surface area contributed by atoms with Crippen LogP contribution >= 0.6 is 11.3 Å². The quantitative estimate of drug-likeness (QED) is 0.579. The Kier molecular flexibility index (Phi) is 3.85. The van der Waals surface area contributed by atoms with Crippen LogP contribution in [-0.4, -0.2) is 36.9 Å². The first-order valence-electron chi connectivity index (χ1n) is 4.45. The molecule has 1 rings (SSSR count). The van der Waals surface area contributed by atoms with Gasteiger partial charge in [0.1, 0.15) is 4.88 Å². The number of allylic oxidation sites excluding steroid dienone is 1. The number of ether oxygens (including phenoxy) is 1. The number of rotatable bonds is 4. The minimum Gasteiger partial charge on any atom is -0.473 e. The molecule has 15 heavy (non-hydrogen) atoms. The Balaban J connectivity index is 2.86. The van der Waals surface area contributed by atoms with Gasteiger partial charge in [0.15, 0.2) is 5.78 Å². The van der Waals surface area contributed by atoms with Crippen molar-refractivity contribution in [3.05, 3.63) is 22.8 Å². The molecule has 0 spiro atoms. The lowest BCUT2D eigenvalue weighted by Gasteiger charge is -2.01. The molecule has 1 aromatic heterocycles. The van der Waals surface area contributed by atoms with Gasteiger partial charge in [-0.15, -0.1) is 0 Å². The van der Waals surface area contributed by atoms with Gasteiger partial charge in [0.05, 0.1) is 12.8 Å². The Morgan fingerprint density at radius 2 is 2.20 bits per heavy atom. The number of hydrogen-bond acceptors (Lipinski definition) is 5. The van der Waals surface area contributed by atoms with Gasteiger partial charge in [-0.3, -0.25) is 4.79 Å². The first-order chi connectivity index (χ1) is 7.04. The number of carbonyl (C=O) groups excluding carboxylic acids is 1. The zero-order valence-corrected chi connectivity index (χ0v) is 10.1. The summed E-state index contributed by atoms with van der Waals surface area (Å²) in [6.07, 6.45) is 3.24. The van der Waals surface area contributed by atoms with E-state index in [-0.39, 0.29) is 5.78 Å². The van der Waals surface area contributed by atoms with E-state index in [1.807, 2.05) is 19.0 Å². The van der Waals surface area contributed by atoms with Gasteiger partial charge in [0, 0.05) is 26.4 Å². The van der Waals surface area contributed by atoms with Crippen LogP contribution in [0.5, 0.6) is 5.19 Å². The molecular weight excluding hydrogens is 212 g/mol. The van der Waals surface area contributed by atoms with E-state index >= 15 is 0 Å². The second-order valence-electron chi connectivity index (χ2n) is 3.24. The molecule has 4 nitrogen and oxygen atoms in total. The molecule has 0 unspecified atom stereocenters. The van der Waals surface area contributed by atoms with E-state index in [0.29, 0.717) is 15.8 Å². The molecule has 0 aliphatic rings. The highest BCUT2D eigenvalue weighted by molar-refractivity contribution is 7.15. The normalized spacial score (nSPS) is 10.7. The van der Waals surface area contributed by atoms with Gasteiger partial charge in [0.25, 0.3) is 5.19 Å². The van der Waals surface area contributed by atoms with Crippen molar-refractivity contribution in [2.24, 2.45) is 0 Å². The van der Waals surface area contributed by atoms with E-state index in [1.165, 1.54) is 17.4 Å². The third-order valence-electron chi connectivity index (χ3n) is 1.70. The van der Waals surface area contributed by atoms with E-state index in [1.54, 1.807) is 20.2 Å². The number of methoxy groups -OCH3 is 1. The molecule has 0 aromatic carbocycles. The first kappa shape index (κ1) is 11.7. The average Bonchev–Trinajstić information content (AvgIpc) is 2.56. The van der Waals surface area contributed by atoms with Crippen LogP contribution in [0.25, 0.3) is 0 Å². The number of aryl methyl sites for hydroxylation is 1. The smallest absolute Gasteiger partial charge is 0.273 e. The molecule has 0 saturated heterocycles. The SMILES string of the molecule is COc1nc(C)c(C(=O)C=CN(C)C)s1. The molecule has 82 valence electrons. The monoisotopic (exact) mass is 226 g/mol. The fraction of sp³-hybridized carbons (Fsp3) is 0.400. The average molecular weight is 226 g/mol. The number of ketones is 1. The Bertz CT molecular complexity index is 383. The summed E-state index contributed by atoms with van der Waals surface area (Å²) < 4.78 is 4.97. The molecule has 0 amide bonds. The second kappa shape index (κ2) is 4.93. The standard InChI is InChI=1S/C10H14N2O2S/c1-7-9(15-10(11-7)14-4)8(13)5-6-12(2)3/h5-6H,1-4H3. The van der Waals surface area contributed by atoms with Crippen molar-refractivity contribution in [1.82, 2.24) is 9.88 Å².